The fourth-order valence-corrected chi connectivity index (χ4v) is 4.65. The van der Waals surface area contributed by atoms with Crippen LogP contribution < -0.4 is 16.0 Å². The number of pyridine rings is 1. The normalized spacial score (nSPS) is 14.3. The third-order valence-electron chi connectivity index (χ3n) is 6.76. The number of unbranched alkanes of at least 4 members (excludes halogenated alkanes) is 9. The molecule has 2 aromatic rings. The van der Waals surface area contributed by atoms with Crippen molar-refractivity contribution >= 4 is 17.4 Å². The van der Waals surface area contributed by atoms with Crippen molar-refractivity contribution in [1.29, 1.82) is 0 Å². The smallest absolute Gasteiger partial charge is 0.255 e. The molecule has 186 valence electrons. The van der Waals surface area contributed by atoms with Gasteiger partial charge in [0.1, 0.15) is 5.82 Å². The Morgan fingerprint density at radius 3 is 2.06 bits per heavy atom. The molecule has 1 fully saturated rings. The zero-order chi connectivity index (χ0) is 23.8. The molecule has 1 saturated heterocycles. The number of nitrogen functional groups attached to an aromatic ring is 1. The standard InChI is InChI=1S/C28H43N5O/c29-27-26(17-14-19-30-27)28(34)31-18-12-7-5-3-1-2-4-6-8-13-20-32-21-23-33(24-22-32)25-15-10-9-11-16-25/h9-11,14-17,19H,1-8,12-13,18,20-24H2,(H2,29,30)(H,31,34). The van der Waals surface area contributed by atoms with Gasteiger partial charge in [0.2, 0.25) is 0 Å². The lowest BCUT2D eigenvalue weighted by Crippen LogP contribution is -2.46. The largest absolute Gasteiger partial charge is 0.383 e. The van der Waals surface area contributed by atoms with Crippen LogP contribution >= 0.6 is 0 Å². The summed E-state index contributed by atoms with van der Waals surface area (Å²) in [5, 5.41) is 2.94. The molecule has 0 bridgehead atoms. The first-order chi connectivity index (χ1) is 16.7. The van der Waals surface area contributed by atoms with Gasteiger partial charge in [0.05, 0.1) is 5.56 Å². The summed E-state index contributed by atoms with van der Waals surface area (Å²) in [4.78, 5) is 21.2. The van der Waals surface area contributed by atoms with Gasteiger partial charge in [-0.1, -0.05) is 69.6 Å². The second-order valence-electron chi connectivity index (χ2n) is 9.39. The van der Waals surface area contributed by atoms with Gasteiger partial charge in [-0.15, -0.1) is 0 Å². The third kappa shape index (κ3) is 9.34. The SMILES string of the molecule is Nc1ncccc1C(=O)NCCCCCCCCCCCCN1CCN(c2ccccc2)CC1. The van der Waals surface area contributed by atoms with Crippen LogP contribution in [0.4, 0.5) is 11.5 Å². The zero-order valence-electron chi connectivity index (χ0n) is 20.8. The molecule has 2 heterocycles. The van der Waals surface area contributed by atoms with E-state index in [1.54, 1.807) is 18.3 Å². The van der Waals surface area contributed by atoms with E-state index in [4.69, 9.17) is 5.73 Å². The Morgan fingerprint density at radius 2 is 1.41 bits per heavy atom. The Labute approximate surface area is 205 Å². The molecular weight excluding hydrogens is 422 g/mol. The van der Waals surface area contributed by atoms with Gasteiger partial charge in [-0.2, -0.15) is 0 Å². The highest BCUT2D eigenvalue weighted by molar-refractivity contribution is 5.98. The maximum atomic E-state index is 12.1. The second kappa shape index (κ2) is 15.3. The number of nitrogens with two attached hydrogens (primary N) is 1. The van der Waals surface area contributed by atoms with Crippen molar-refractivity contribution in [2.45, 2.75) is 64.2 Å². The van der Waals surface area contributed by atoms with Crippen LogP contribution in [0.1, 0.15) is 74.6 Å². The fraction of sp³-hybridized carbons (Fsp3) is 0.571. The highest BCUT2D eigenvalue weighted by Crippen LogP contribution is 2.16. The van der Waals surface area contributed by atoms with E-state index < -0.39 is 0 Å². The van der Waals surface area contributed by atoms with E-state index in [1.807, 2.05) is 0 Å². The van der Waals surface area contributed by atoms with Crippen molar-refractivity contribution in [2.75, 3.05) is 49.9 Å². The van der Waals surface area contributed by atoms with E-state index in [9.17, 15) is 4.79 Å². The zero-order valence-corrected chi connectivity index (χ0v) is 20.8. The number of piperazine rings is 1. The summed E-state index contributed by atoms with van der Waals surface area (Å²) in [5.41, 5.74) is 7.57. The number of rotatable bonds is 15. The second-order valence-corrected chi connectivity index (χ2v) is 9.39. The van der Waals surface area contributed by atoms with Crippen molar-refractivity contribution in [3.05, 3.63) is 54.2 Å². The van der Waals surface area contributed by atoms with Crippen molar-refractivity contribution < 1.29 is 4.79 Å². The van der Waals surface area contributed by atoms with Crippen molar-refractivity contribution in [3.63, 3.8) is 0 Å². The summed E-state index contributed by atoms with van der Waals surface area (Å²) >= 11 is 0. The Hall–Kier alpha value is -2.60. The van der Waals surface area contributed by atoms with Gasteiger partial charge < -0.3 is 16.0 Å². The molecular formula is C28H43N5O. The molecule has 1 aliphatic rings. The predicted octanol–water partition coefficient (Wildman–Crippen LogP) is 5.12. The van der Waals surface area contributed by atoms with Crippen LogP contribution in [0.15, 0.2) is 48.7 Å². The molecule has 1 aromatic heterocycles. The lowest BCUT2D eigenvalue weighted by molar-refractivity contribution is 0.0953. The van der Waals surface area contributed by atoms with E-state index in [1.165, 1.54) is 83.1 Å². The van der Waals surface area contributed by atoms with Crippen LogP contribution in [0.2, 0.25) is 0 Å². The summed E-state index contributed by atoms with van der Waals surface area (Å²) in [6.07, 6.45) is 14.5. The molecule has 1 aliphatic heterocycles. The molecule has 0 atom stereocenters. The molecule has 0 saturated carbocycles. The number of aromatic nitrogens is 1. The van der Waals surface area contributed by atoms with E-state index in [0.29, 0.717) is 17.9 Å². The molecule has 34 heavy (non-hydrogen) atoms. The molecule has 6 nitrogen and oxygen atoms in total. The van der Waals surface area contributed by atoms with Gasteiger partial charge >= 0.3 is 0 Å². The predicted molar refractivity (Wildman–Crippen MR) is 142 cm³/mol. The minimum Gasteiger partial charge on any atom is -0.383 e. The van der Waals surface area contributed by atoms with E-state index in [0.717, 1.165) is 19.5 Å². The number of nitrogens with zero attached hydrogens (tertiary/aromatic N) is 3. The Bertz CT molecular complexity index is 821. The molecule has 1 amide bonds. The number of amides is 1. The van der Waals surface area contributed by atoms with E-state index in [-0.39, 0.29) is 5.91 Å². The first kappa shape index (κ1) is 26.0. The quantitative estimate of drug-likeness (QED) is 0.357. The Morgan fingerprint density at radius 1 is 0.794 bits per heavy atom. The highest BCUT2D eigenvalue weighted by atomic mass is 16.1. The topological polar surface area (TPSA) is 74.5 Å². The third-order valence-corrected chi connectivity index (χ3v) is 6.76. The van der Waals surface area contributed by atoms with Gasteiger partial charge in [-0.05, 0) is 43.7 Å². The van der Waals surface area contributed by atoms with Crippen molar-refractivity contribution in [1.82, 2.24) is 15.2 Å². The fourth-order valence-electron chi connectivity index (χ4n) is 4.65. The van der Waals surface area contributed by atoms with Gasteiger partial charge in [0.15, 0.2) is 0 Å². The summed E-state index contributed by atoms with van der Waals surface area (Å²) in [7, 11) is 0. The van der Waals surface area contributed by atoms with Gasteiger partial charge in [0.25, 0.3) is 5.91 Å². The minimum atomic E-state index is -0.125. The lowest BCUT2D eigenvalue weighted by atomic mass is 10.1. The van der Waals surface area contributed by atoms with Crippen LogP contribution in [-0.4, -0.2) is 55.1 Å². The van der Waals surface area contributed by atoms with Gasteiger partial charge in [-0.25, -0.2) is 4.98 Å². The summed E-state index contributed by atoms with van der Waals surface area (Å²) < 4.78 is 0. The van der Waals surface area contributed by atoms with Crippen LogP contribution in [0.25, 0.3) is 0 Å². The Kier molecular flexibility index (Phi) is 11.7. The number of anilines is 2. The molecule has 0 radical (unpaired) electrons. The van der Waals surface area contributed by atoms with Crippen molar-refractivity contribution in [3.8, 4) is 0 Å². The minimum absolute atomic E-state index is 0.125. The average molecular weight is 466 g/mol. The number of carbonyl (C=O) groups is 1. The van der Waals surface area contributed by atoms with Crippen LogP contribution in [0, 0.1) is 0 Å². The van der Waals surface area contributed by atoms with E-state index in [2.05, 4.69) is 50.4 Å². The number of nitrogens with one attached hydrogen (secondary N) is 1. The Balaban J connectivity index is 1.08. The molecule has 0 aliphatic carbocycles. The maximum absolute atomic E-state index is 12.1. The molecule has 1 aromatic carbocycles. The summed E-state index contributed by atoms with van der Waals surface area (Å²) in [6.45, 7) is 6.64. The molecule has 3 N–H and O–H groups in total. The van der Waals surface area contributed by atoms with Gasteiger partial charge in [-0.3, -0.25) is 9.69 Å². The number of hydrogen-bond acceptors (Lipinski definition) is 5. The monoisotopic (exact) mass is 465 g/mol. The number of hydrogen-bond donors (Lipinski definition) is 2. The summed E-state index contributed by atoms with van der Waals surface area (Å²) in [6, 6.07) is 14.2. The van der Waals surface area contributed by atoms with E-state index >= 15 is 0 Å². The van der Waals surface area contributed by atoms with Crippen LogP contribution in [0.5, 0.6) is 0 Å². The maximum Gasteiger partial charge on any atom is 0.255 e. The molecule has 0 spiro atoms. The molecule has 3 rings (SSSR count). The van der Waals surface area contributed by atoms with Crippen LogP contribution in [0.3, 0.4) is 0 Å². The average Bonchev–Trinajstić information content (AvgIpc) is 2.88. The molecule has 0 unspecified atom stereocenters. The van der Waals surface area contributed by atoms with Gasteiger partial charge in [0, 0.05) is 44.6 Å². The molecule has 6 heteroatoms. The van der Waals surface area contributed by atoms with Crippen molar-refractivity contribution in [2.24, 2.45) is 0 Å². The number of benzene rings is 1. The number of carbonyl (C=O) groups excluding carboxylic acids is 1. The lowest BCUT2D eigenvalue weighted by Gasteiger charge is -2.36. The first-order valence-corrected chi connectivity index (χ1v) is 13.2. The first-order valence-electron chi connectivity index (χ1n) is 13.2. The number of para-hydroxylation sites is 1. The van der Waals surface area contributed by atoms with Crippen LogP contribution in [-0.2, 0) is 0 Å². The summed E-state index contributed by atoms with van der Waals surface area (Å²) in [5.74, 6) is 0.168. The highest BCUT2D eigenvalue weighted by Gasteiger charge is 2.16.